The second kappa shape index (κ2) is 4.76. The molecule has 102 valence electrons. The molecule has 2 fully saturated rings. The molecule has 3 rings (SSSR count). The summed E-state index contributed by atoms with van der Waals surface area (Å²) >= 11 is 12.2. The van der Waals surface area contributed by atoms with Crippen LogP contribution in [0, 0.1) is 11.3 Å². The average molecular weight is 299 g/mol. The molecule has 1 spiro atoms. The van der Waals surface area contributed by atoms with Crippen LogP contribution >= 0.6 is 23.2 Å². The smallest absolute Gasteiger partial charge is 0.181 e. The van der Waals surface area contributed by atoms with Gasteiger partial charge in [0.05, 0.1) is 6.61 Å². The van der Waals surface area contributed by atoms with Crippen molar-refractivity contribution in [2.24, 2.45) is 11.3 Å². The van der Waals surface area contributed by atoms with E-state index in [-0.39, 0.29) is 11.2 Å². The molecule has 19 heavy (non-hydrogen) atoms. The van der Waals surface area contributed by atoms with Crippen LogP contribution in [-0.2, 0) is 16.1 Å². The van der Waals surface area contributed by atoms with Crippen LogP contribution in [0.25, 0.3) is 0 Å². The Morgan fingerprint density at radius 1 is 1.21 bits per heavy atom. The van der Waals surface area contributed by atoms with Crippen LogP contribution in [0.4, 0.5) is 0 Å². The summed E-state index contributed by atoms with van der Waals surface area (Å²) in [7, 11) is 0. The molecule has 0 N–H and O–H groups in total. The third kappa shape index (κ3) is 2.20. The molecule has 2 aliphatic rings. The molecule has 0 radical (unpaired) electrons. The van der Waals surface area contributed by atoms with Gasteiger partial charge in [0.1, 0.15) is 0 Å². The summed E-state index contributed by atoms with van der Waals surface area (Å²) in [5, 5.41) is 0. The third-order valence-electron chi connectivity index (χ3n) is 4.34. The van der Waals surface area contributed by atoms with Crippen molar-refractivity contribution in [1.29, 1.82) is 0 Å². The van der Waals surface area contributed by atoms with Crippen molar-refractivity contribution < 1.29 is 9.53 Å². The van der Waals surface area contributed by atoms with Crippen LogP contribution in [0.15, 0.2) is 30.3 Å². The number of carbonyl (C=O) groups excluding carboxylic acids is 1. The van der Waals surface area contributed by atoms with Crippen LogP contribution in [0.1, 0.15) is 24.8 Å². The summed E-state index contributed by atoms with van der Waals surface area (Å²) in [4.78, 5) is 11.4. The molecule has 2 aliphatic carbocycles. The van der Waals surface area contributed by atoms with Gasteiger partial charge < -0.3 is 4.74 Å². The minimum Gasteiger partial charge on any atom is -0.376 e. The molecule has 1 aromatic rings. The lowest BCUT2D eigenvalue weighted by atomic mass is 9.50. The summed E-state index contributed by atoms with van der Waals surface area (Å²) in [5.74, 6) is 0.452. The number of hydrogen-bond acceptors (Lipinski definition) is 2. The van der Waals surface area contributed by atoms with Crippen molar-refractivity contribution >= 4 is 29.0 Å². The number of alkyl halides is 2. The van der Waals surface area contributed by atoms with Crippen molar-refractivity contribution in [3.63, 3.8) is 0 Å². The summed E-state index contributed by atoms with van der Waals surface area (Å²) < 4.78 is 4.57. The predicted octanol–water partition coefficient (Wildman–Crippen LogP) is 3.75. The van der Waals surface area contributed by atoms with Crippen molar-refractivity contribution in [3.05, 3.63) is 35.9 Å². The number of carbonyl (C=O) groups is 1. The first-order valence-electron chi connectivity index (χ1n) is 6.56. The zero-order chi connectivity index (χ0) is 13.5. The van der Waals surface area contributed by atoms with Gasteiger partial charge in [0.2, 0.25) is 0 Å². The van der Waals surface area contributed by atoms with Crippen LogP contribution in [-0.4, -0.2) is 16.7 Å². The SMILES string of the molecule is O=C1CC2(CC(COCc3ccccc3)C2)C1(Cl)Cl. The van der Waals surface area contributed by atoms with Gasteiger partial charge in [0.25, 0.3) is 0 Å². The second-order valence-corrected chi connectivity index (χ2v) is 7.06. The predicted molar refractivity (Wildman–Crippen MR) is 75.3 cm³/mol. The van der Waals surface area contributed by atoms with E-state index in [0.717, 1.165) is 12.8 Å². The molecule has 2 saturated carbocycles. The Hall–Kier alpha value is -0.570. The van der Waals surface area contributed by atoms with Crippen LogP contribution < -0.4 is 0 Å². The molecule has 1 aromatic carbocycles. The maximum Gasteiger partial charge on any atom is 0.181 e. The summed E-state index contributed by atoms with van der Waals surface area (Å²) in [6.45, 7) is 1.35. The van der Waals surface area contributed by atoms with Gasteiger partial charge in [-0.2, -0.15) is 0 Å². The highest BCUT2D eigenvalue weighted by Gasteiger charge is 2.68. The van der Waals surface area contributed by atoms with Crippen molar-refractivity contribution in [2.45, 2.75) is 30.2 Å². The fourth-order valence-electron chi connectivity index (χ4n) is 3.20. The first kappa shape index (κ1) is 13.4. The Morgan fingerprint density at radius 2 is 1.89 bits per heavy atom. The summed E-state index contributed by atoms with van der Waals surface area (Å²) in [5.41, 5.74) is 1.02. The highest BCUT2D eigenvalue weighted by atomic mass is 35.5. The highest BCUT2D eigenvalue weighted by molar-refractivity contribution is 6.61. The Morgan fingerprint density at radius 3 is 2.47 bits per heavy atom. The van der Waals surface area contributed by atoms with Crippen molar-refractivity contribution in [3.8, 4) is 0 Å². The van der Waals surface area contributed by atoms with E-state index in [0.29, 0.717) is 25.6 Å². The van der Waals surface area contributed by atoms with E-state index < -0.39 is 4.33 Å². The molecule has 0 aromatic heterocycles. The Kier molecular flexibility index (Phi) is 3.36. The number of Topliss-reactive ketones (excluding diaryl/α,β-unsaturated/α-hetero) is 1. The molecule has 0 unspecified atom stereocenters. The maximum atomic E-state index is 11.4. The van der Waals surface area contributed by atoms with Crippen LogP contribution in [0.5, 0.6) is 0 Å². The van der Waals surface area contributed by atoms with Gasteiger partial charge >= 0.3 is 0 Å². The van der Waals surface area contributed by atoms with E-state index in [1.165, 1.54) is 5.56 Å². The number of ketones is 1. The molecule has 0 aliphatic heterocycles. The molecule has 0 bridgehead atoms. The van der Waals surface area contributed by atoms with E-state index in [1.54, 1.807) is 0 Å². The molecular formula is C15H16Cl2O2. The first-order chi connectivity index (χ1) is 9.03. The lowest BCUT2D eigenvalue weighted by Crippen LogP contribution is -2.64. The van der Waals surface area contributed by atoms with Gasteiger partial charge in [0, 0.05) is 18.4 Å². The van der Waals surface area contributed by atoms with Gasteiger partial charge in [-0.25, -0.2) is 0 Å². The summed E-state index contributed by atoms with van der Waals surface area (Å²) in [6, 6.07) is 10.1. The minimum atomic E-state index is -1.14. The lowest BCUT2D eigenvalue weighted by Gasteiger charge is -2.59. The average Bonchev–Trinajstić information content (AvgIpc) is 2.36. The molecule has 2 nitrogen and oxygen atoms in total. The van der Waals surface area contributed by atoms with E-state index in [4.69, 9.17) is 27.9 Å². The zero-order valence-electron chi connectivity index (χ0n) is 10.6. The minimum absolute atomic E-state index is 0.0283. The Balaban J connectivity index is 1.42. The van der Waals surface area contributed by atoms with Crippen molar-refractivity contribution in [2.75, 3.05) is 6.61 Å². The van der Waals surface area contributed by atoms with E-state index in [9.17, 15) is 4.79 Å². The normalized spacial score (nSPS) is 31.9. The first-order valence-corrected chi connectivity index (χ1v) is 7.32. The largest absolute Gasteiger partial charge is 0.376 e. The molecular weight excluding hydrogens is 283 g/mol. The number of ether oxygens (including phenoxy) is 1. The van der Waals surface area contributed by atoms with E-state index in [2.05, 4.69) is 12.1 Å². The Bertz CT molecular complexity index is 478. The summed E-state index contributed by atoms with van der Waals surface area (Å²) in [6.07, 6.45) is 2.34. The molecule has 0 saturated heterocycles. The molecule has 0 amide bonds. The molecule has 0 atom stereocenters. The lowest BCUT2D eigenvalue weighted by molar-refractivity contribution is -0.147. The fraction of sp³-hybridized carbons (Fsp3) is 0.533. The quantitative estimate of drug-likeness (QED) is 0.792. The van der Waals surface area contributed by atoms with E-state index in [1.807, 2.05) is 18.2 Å². The maximum absolute atomic E-state index is 11.4. The monoisotopic (exact) mass is 298 g/mol. The number of benzene rings is 1. The number of halogens is 2. The fourth-order valence-corrected chi connectivity index (χ4v) is 3.78. The number of rotatable bonds is 4. The standard InChI is InChI=1S/C15H16Cl2O2/c16-15(17)13(18)8-14(15)6-12(7-14)10-19-9-11-4-2-1-3-5-11/h1-5,12H,6-10H2. The van der Waals surface area contributed by atoms with E-state index >= 15 is 0 Å². The molecule has 4 heteroatoms. The van der Waals surface area contributed by atoms with Crippen LogP contribution in [0.3, 0.4) is 0 Å². The van der Waals surface area contributed by atoms with Gasteiger partial charge in [-0.15, -0.1) is 0 Å². The highest BCUT2D eigenvalue weighted by Crippen LogP contribution is 2.66. The number of hydrogen-bond donors (Lipinski definition) is 0. The van der Waals surface area contributed by atoms with Gasteiger partial charge in [-0.05, 0) is 24.3 Å². The zero-order valence-corrected chi connectivity index (χ0v) is 12.1. The molecule has 0 heterocycles. The van der Waals surface area contributed by atoms with Crippen molar-refractivity contribution in [1.82, 2.24) is 0 Å². The van der Waals surface area contributed by atoms with Gasteiger partial charge in [0.15, 0.2) is 10.1 Å². The Labute approximate surface area is 123 Å². The van der Waals surface area contributed by atoms with Gasteiger partial charge in [-0.1, -0.05) is 53.5 Å². The second-order valence-electron chi connectivity index (χ2n) is 5.73. The third-order valence-corrected chi connectivity index (χ3v) is 5.56. The van der Waals surface area contributed by atoms with Gasteiger partial charge in [-0.3, -0.25) is 4.79 Å². The van der Waals surface area contributed by atoms with Crippen LogP contribution in [0.2, 0.25) is 0 Å². The topological polar surface area (TPSA) is 26.3 Å².